The molecule has 0 amide bonds. The van der Waals surface area contributed by atoms with E-state index in [1.807, 2.05) is 52.0 Å². The summed E-state index contributed by atoms with van der Waals surface area (Å²) in [5.74, 6) is 1.18. The minimum atomic E-state index is -0.245. The number of carbonyl (C=O) groups excluding carboxylic acids is 1. The number of Topliss-reactive ketones (excluding diaryl/α,β-unsaturated/α-hetero) is 1. The maximum atomic E-state index is 13.1. The van der Waals surface area contributed by atoms with Gasteiger partial charge in [-0.05, 0) is 39.3 Å². The minimum Gasteiger partial charge on any atom is -0.358 e. The van der Waals surface area contributed by atoms with E-state index in [1.165, 1.54) is 23.1 Å². The number of aryl methyl sites for hydroxylation is 3. The molecule has 144 valence electrons. The number of aromatic nitrogens is 3. The smallest absolute Gasteiger partial charge is 0.259 e. The van der Waals surface area contributed by atoms with Crippen molar-refractivity contribution < 1.29 is 4.79 Å². The molecule has 1 aromatic carbocycles. The van der Waals surface area contributed by atoms with E-state index in [-0.39, 0.29) is 16.6 Å². The van der Waals surface area contributed by atoms with Crippen molar-refractivity contribution in [3.8, 4) is 0 Å². The molecule has 7 heteroatoms. The standard InChI is InChI=1S/C21H21N3O2S2/c1-10-12(3)28-21-17(10)20(26)23-16(24-21)9-27-13(4)19(25)18-11(2)22-15-8-6-5-7-14(15)18/h5-8,13,22H,9H2,1-4H3,(H,23,24,26)/t13-/m1/s1. The van der Waals surface area contributed by atoms with Gasteiger partial charge in [-0.1, -0.05) is 18.2 Å². The van der Waals surface area contributed by atoms with E-state index in [2.05, 4.69) is 15.0 Å². The number of benzene rings is 1. The molecular weight excluding hydrogens is 390 g/mol. The molecular formula is C21H21N3O2S2. The minimum absolute atomic E-state index is 0.0891. The Hall–Kier alpha value is -2.38. The predicted octanol–water partition coefficient (Wildman–Crippen LogP) is 4.90. The summed E-state index contributed by atoms with van der Waals surface area (Å²) < 4.78 is 0. The fourth-order valence-electron chi connectivity index (χ4n) is 3.44. The van der Waals surface area contributed by atoms with E-state index in [1.54, 1.807) is 0 Å². The van der Waals surface area contributed by atoms with Gasteiger partial charge in [0, 0.05) is 27.0 Å². The number of rotatable bonds is 5. The van der Waals surface area contributed by atoms with Crippen LogP contribution in [0.1, 0.15) is 39.2 Å². The van der Waals surface area contributed by atoms with Crippen LogP contribution in [0.15, 0.2) is 29.1 Å². The van der Waals surface area contributed by atoms with Crippen LogP contribution in [0.5, 0.6) is 0 Å². The number of para-hydroxylation sites is 1. The maximum Gasteiger partial charge on any atom is 0.259 e. The van der Waals surface area contributed by atoms with Gasteiger partial charge >= 0.3 is 0 Å². The normalized spacial score (nSPS) is 12.7. The molecule has 0 saturated carbocycles. The Morgan fingerprint density at radius 1 is 1.21 bits per heavy atom. The first-order valence-electron chi connectivity index (χ1n) is 9.09. The zero-order valence-corrected chi connectivity index (χ0v) is 17.8. The molecule has 1 atom stereocenters. The molecule has 0 spiro atoms. The summed E-state index contributed by atoms with van der Waals surface area (Å²) in [7, 11) is 0. The zero-order chi connectivity index (χ0) is 20.0. The number of H-pyrrole nitrogens is 2. The summed E-state index contributed by atoms with van der Waals surface area (Å²) in [6.45, 7) is 7.78. The van der Waals surface area contributed by atoms with Gasteiger partial charge in [0.15, 0.2) is 5.78 Å². The second-order valence-electron chi connectivity index (χ2n) is 6.96. The molecule has 5 nitrogen and oxygen atoms in total. The Morgan fingerprint density at radius 3 is 2.75 bits per heavy atom. The third kappa shape index (κ3) is 3.18. The average Bonchev–Trinajstić information content (AvgIpc) is 3.14. The van der Waals surface area contributed by atoms with Crippen molar-refractivity contribution >= 4 is 50.0 Å². The van der Waals surface area contributed by atoms with Gasteiger partial charge in [0.2, 0.25) is 0 Å². The molecule has 3 heterocycles. The molecule has 0 aliphatic heterocycles. The van der Waals surface area contributed by atoms with Crippen LogP contribution in [0.2, 0.25) is 0 Å². The molecule has 0 bridgehead atoms. The van der Waals surface area contributed by atoms with Crippen LogP contribution in [0.4, 0.5) is 0 Å². The fraction of sp³-hybridized carbons (Fsp3) is 0.286. The summed E-state index contributed by atoms with van der Waals surface area (Å²) in [5, 5.41) is 1.38. The monoisotopic (exact) mass is 411 g/mol. The Labute approximate surface area is 170 Å². The summed E-state index contributed by atoms with van der Waals surface area (Å²) in [4.78, 5) is 38.1. The van der Waals surface area contributed by atoms with E-state index >= 15 is 0 Å². The van der Waals surface area contributed by atoms with Crippen molar-refractivity contribution in [3.63, 3.8) is 0 Å². The quantitative estimate of drug-likeness (QED) is 0.458. The van der Waals surface area contributed by atoms with E-state index in [9.17, 15) is 9.59 Å². The molecule has 0 aliphatic rings. The highest BCUT2D eigenvalue weighted by Crippen LogP contribution is 2.29. The second kappa shape index (κ2) is 7.22. The van der Waals surface area contributed by atoms with Gasteiger partial charge in [-0.3, -0.25) is 9.59 Å². The molecule has 0 saturated heterocycles. The number of fused-ring (bicyclic) bond motifs is 2. The molecule has 0 radical (unpaired) electrons. The van der Waals surface area contributed by atoms with Crippen LogP contribution >= 0.6 is 23.1 Å². The molecule has 2 N–H and O–H groups in total. The topological polar surface area (TPSA) is 78.6 Å². The van der Waals surface area contributed by atoms with Crippen molar-refractivity contribution in [2.75, 3.05) is 0 Å². The first-order chi connectivity index (χ1) is 13.4. The SMILES string of the molecule is Cc1[nH]c2ccccc2c1C(=O)[C@@H](C)SCc1nc2sc(C)c(C)c2c(=O)[nH]1. The van der Waals surface area contributed by atoms with Gasteiger partial charge in [0.25, 0.3) is 5.56 Å². The molecule has 0 unspecified atom stereocenters. The Balaban J connectivity index is 1.56. The summed E-state index contributed by atoms with van der Waals surface area (Å²) in [6.07, 6.45) is 0. The first-order valence-corrected chi connectivity index (χ1v) is 11.0. The molecule has 0 fully saturated rings. The molecule has 4 rings (SSSR count). The van der Waals surface area contributed by atoms with Gasteiger partial charge in [0.05, 0.1) is 16.4 Å². The van der Waals surface area contributed by atoms with Crippen molar-refractivity contribution in [1.82, 2.24) is 15.0 Å². The number of aromatic amines is 2. The summed E-state index contributed by atoms with van der Waals surface area (Å²) in [6, 6.07) is 7.85. The lowest BCUT2D eigenvalue weighted by molar-refractivity contribution is 0.0995. The number of carbonyl (C=O) groups is 1. The second-order valence-corrected chi connectivity index (χ2v) is 9.50. The van der Waals surface area contributed by atoms with E-state index in [4.69, 9.17) is 0 Å². The van der Waals surface area contributed by atoms with Crippen molar-refractivity contribution in [2.45, 2.75) is 38.7 Å². The van der Waals surface area contributed by atoms with Gasteiger partial charge in [-0.25, -0.2) is 4.98 Å². The van der Waals surface area contributed by atoms with Crippen LogP contribution in [0.25, 0.3) is 21.1 Å². The number of thioether (sulfide) groups is 1. The molecule has 4 aromatic rings. The Bertz CT molecular complexity index is 1270. The first kappa shape index (κ1) is 19.0. The Morgan fingerprint density at radius 2 is 1.96 bits per heavy atom. The van der Waals surface area contributed by atoms with Crippen molar-refractivity contribution in [2.24, 2.45) is 0 Å². The highest BCUT2D eigenvalue weighted by Gasteiger charge is 2.22. The number of thiophene rings is 1. The fourth-order valence-corrected chi connectivity index (χ4v) is 5.31. The average molecular weight is 412 g/mol. The van der Waals surface area contributed by atoms with Crippen LogP contribution in [0.3, 0.4) is 0 Å². The highest BCUT2D eigenvalue weighted by atomic mass is 32.2. The number of nitrogens with one attached hydrogen (secondary N) is 2. The molecule has 28 heavy (non-hydrogen) atoms. The number of hydrogen-bond acceptors (Lipinski definition) is 5. The van der Waals surface area contributed by atoms with E-state index in [0.29, 0.717) is 17.0 Å². The number of hydrogen-bond donors (Lipinski definition) is 2. The highest BCUT2D eigenvalue weighted by molar-refractivity contribution is 7.99. The van der Waals surface area contributed by atoms with Crippen LogP contribution in [-0.2, 0) is 5.75 Å². The third-order valence-electron chi connectivity index (χ3n) is 5.07. The largest absolute Gasteiger partial charge is 0.358 e. The van der Waals surface area contributed by atoms with Gasteiger partial charge in [0.1, 0.15) is 10.7 Å². The van der Waals surface area contributed by atoms with E-state index < -0.39 is 0 Å². The number of nitrogens with zero attached hydrogens (tertiary/aromatic N) is 1. The molecule has 0 aliphatic carbocycles. The summed E-state index contributed by atoms with van der Waals surface area (Å²) >= 11 is 3.03. The lowest BCUT2D eigenvalue weighted by Crippen LogP contribution is -2.16. The van der Waals surface area contributed by atoms with Gasteiger partial charge in [-0.15, -0.1) is 23.1 Å². The van der Waals surface area contributed by atoms with Crippen LogP contribution < -0.4 is 5.56 Å². The predicted molar refractivity (Wildman–Crippen MR) is 118 cm³/mol. The number of ketones is 1. The molecule has 3 aromatic heterocycles. The Kier molecular flexibility index (Phi) is 4.89. The lowest BCUT2D eigenvalue weighted by Gasteiger charge is -2.10. The summed E-state index contributed by atoms with van der Waals surface area (Å²) in [5.41, 5.74) is 3.49. The maximum absolute atomic E-state index is 13.1. The van der Waals surface area contributed by atoms with Crippen molar-refractivity contribution in [1.29, 1.82) is 0 Å². The third-order valence-corrected chi connectivity index (χ3v) is 7.32. The van der Waals surface area contributed by atoms with Crippen LogP contribution in [0, 0.1) is 20.8 Å². The van der Waals surface area contributed by atoms with Crippen molar-refractivity contribution in [3.05, 3.63) is 62.1 Å². The zero-order valence-electron chi connectivity index (χ0n) is 16.2. The van der Waals surface area contributed by atoms with Gasteiger partial charge in [-0.2, -0.15) is 0 Å². The van der Waals surface area contributed by atoms with E-state index in [0.717, 1.165) is 37.4 Å². The lowest BCUT2D eigenvalue weighted by atomic mass is 10.1. The van der Waals surface area contributed by atoms with Crippen LogP contribution in [-0.4, -0.2) is 26.0 Å². The van der Waals surface area contributed by atoms with Gasteiger partial charge < -0.3 is 9.97 Å².